The number of fused-ring (bicyclic) bond motifs is 1. The van der Waals surface area contributed by atoms with Gasteiger partial charge in [-0.2, -0.15) is 5.10 Å². The quantitative estimate of drug-likeness (QED) is 0.638. The highest BCUT2D eigenvalue weighted by atomic mass is 16.5. The summed E-state index contributed by atoms with van der Waals surface area (Å²) in [7, 11) is 1.56. The van der Waals surface area contributed by atoms with Gasteiger partial charge in [-0.1, -0.05) is 42.5 Å². The van der Waals surface area contributed by atoms with E-state index < -0.39 is 0 Å². The molecule has 0 fully saturated rings. The van der Waals surface area contributed by atoms with E-state index in [0.717, 1.165) is 11.1 Å². The largest absolute Gasteiger partial charge is 0.489 e. The van der Waals surface area contributed by atoms with Crippen LogP contribution in [0.1, 0.15) is 39.5 Å². The first kappa shape index (κ1) is 17.8. The third-order valence-electron chi connectivity index (χ3n) is 4.76. The molecular weight excluding hydrogens is 356 g/mol. The van der Waals surface area contributed by atoms with Crippen molar-refractivity contribution < 1.29 is 14.3 Å². The highest BCUT2D eigenvalue weighted by Crippen LogP contribution is 2.39. The van der Waals surface area contributed by atoms with Crippen molar-refractivity contribution in [3.63, 3.8) is 0 Å². The van der Waals surface area contributed by atoms with Crippen molar-refractivity contribution in [2.75, 3.05) is 12.4 Å². The maximum Gasteiger partial charge on any atom is 0.269 e. The van der Waals surface area contributed by atoms with Gasteiger partial charge in [-0.25, -0.2) is 0 Å². The second-order valence-electron chi connectivity index (χ2n) is 6.59. The number of ether oxygens (including phenoxy) is 1. The summed E-state index contributed by atoms with van der Waals surface area (Å²) in [5.41, 5.74) is 3.02. The van der Waals surface area contributed by atoms with Gasteiger partial charge in [0.05, 0.1) is 0 Å². The smallest absolute Gasteiger partial charge is 0.269 e. The number of anilines is 1. The minimum atomic E-state index is -0.282. The second kappa shape index (κ2) is 7.56. The fourth-order valence-electron chi connectivity index (χ4n) is 3.40. The van der Waals surface area contributed by atoms with Gasteiger partial charge in [0.15, 0.2) is 5.82 Å². The lowest BCUT2D eigenvalue weighted by Gasteiger charge is -2.23. The van der Waals surface area contributed by atoms with E-state index in [4.69, 9.17) is 4.74 Å². The van der Waals surface area contributed by atoms with Crippen LogP contribution in [0.2, 0.25) is 0 Å². The van der Waals surface area contributed by atoms with Crippen LogP contribution >= 0.6 is 0 Å². The average molecular weight is 376 g/mol. The lowest BCUT2D eigenvalue weighted by atomic mass is 9.85. The number of nitrogens with zero attached hydrogens (tertiary/aromatic N) is 1. The average Bonchev–Trinajstić information content (AvgIpc) is 3.16. The van der Waals surface area contributed by atoms with Crippen LogP contribution < -0.4 is 15.4 Å². The molecule has 2 aromatic carbocycles. The Kier molecular flexibility index (Phi) is 4.80. The molecule has 1 unspecified atom stereocenters. The van der Waals surface area contributed by atoms with Gasteiger partial charge >= 0.3 is 0 Å². The Labute approximate surface area is 162 Å². The minimum Gasteiger partial charge on any atom is -0.489 e. The molecule has 2 amide bonds. The molecule has 7 heteroatoms. The van der Waals surface area contributed by atoms with Crippen molar-refractivity contribution in [3.05, 3.63) is 77.0 Å². The summed E-state index contributed by atoms with van der Waals surface area (Å²) >= 11 is 0. The number of hydrogen-bond donors (Lipinski definition) is 3. The molecular formula is C21H20N4O3. The van der Waals surface area contributed by atoms with Crippen molar-refractivity contribution in [2.45, 2.75) is 18.9 Å². The molecule has 1 aliphatic rings. The first-order valence-electron chi connectivity index (χ1n) is 9.02. The Morgan fingerprint density at radius 2 is 2.04 bits per heavy atom. The first-order chi connectivity index (χ1) is 13.7. The van der Waals surface area contributed by atoms with Crippen LogP contribution in [-0.4, -0.2) is 29.1 Å². The summed E-state index contributed by atoms with van der Waals surface area (Å²) in [6.07, 6.45) is 0.235. The molecule has 0 radical (unpaired) electrons. The topological polar surface area (TPSA) is 96.1 Å². The molecule has 0 saturated carbocycles. The lowest BCUT2D eigenvalue weighted by molar-refractivity contribution is -0.116. The Hall–Kier alpha value is -3.61. The number of aromatic amines is 1. The molecule has 2 heterocycles. The number of hydrogen-bond acceptors (Lipinski definition) is 4. The van der Waals surface area contributed by atoms with Gasteiger partial charge in [0.1, 0.15) is 18.1 Å². The van der Waals surface area contributed by atoms with E-state index in [0.29, 0.717) is 29.4 Å². The fraction of sp³-hybridized carbons (Fsp3) is 0.190. The zero-order valence-corrected chi connectivity index (χ0v) is 15.4. The number of carbonyl (C=O) groups excluding carboxylic acids is 2. The van der Waals surface area contributed by atoms with Crippen LogP contribution in [-0.2, 0) is 11.4 Å². The molecule has 28 heavy (non-hydrogen) atoms. The van der Waals surface area contributed by atoms with E-state index in [1.807, 2.05) is 54.6 Å². The van der Waals surface area contributed by atoms with Crippen molar-refractivity contribution in [1.82, 2.24) is 15.5 Å². The van der Waals surface area contributed by atoms with E-state index in [2.05, 4.69) is 20.8 Å². The minimum absolute atomic E-state index is 0.136. The Morgan fingerprint density at radius 3 is 2.82 bits per heavy atom. The molecule has 1 atom stereocenters. The van der Waals surface area contributed by atoms with Gasteiger partial charge in [0.25, 0.3) is 5.91 Å². The van der Waals surface area contributed by atoms with Crippen LogP contribution in [0.25, 0.3) is 0 Å². The lowest BCUT2D eigenvalue weighted by Crippen LogP contribution is -2.26. The monoisotopic (exact) mass is 376 g/mol. The van der Waals surface area contributed by atoms with Crippen molar-refractivity contribution in [1.29, 1.82) is 0 Å². The third kappa shape index (κ3) is 3.46. The summed E-state index contributed by atoms with van der Waals surface area (Å²) < 4.78 is 5.92. The highest BCUT2D eigenvalue weighted by Gasteiger charge is 2.33. The predicted octanol–water partition coefficient (Wildman–Crippen LogP) is 2.82. The molecule has 0 saturated heterocycles. The number of carbonyl (C=O) groups is 2. The van der Waals surface area contributed by atoms with E-state index >= 15 is 0 Å². The maximum absolute atomic E-state index is 12.2. The Bertz CT molecular complexity index is 1010. The molecule has 3 N–H and O–H groups in total. The molecule has 0 bridgehead atoms. The van der Waals surface area contributed by atoms with Crippen LogP contribution in [0.5, 0.6) is 5.75 Å². The molecule has 3 aromatic rings. The van der Waals surface area contributed by atoms with Crippen LogP contribution in [0.4, 0.5) is 5.82 Å². The number of nitrogens with one attached hydrogen (secondary N) is 3. The van der Waals surface area contributed by atoms with Crippen molar-refractivity contribution >= 4 is 17.6 Å². The standard InChI is InChI=1S/C21H20N4O3/c1-22-21(27)19-18-16(11-17(26)23-20(18)25-24-19)14-8-5-9-15(10-14)28-12-13-6-3-2-4-7-13/h2-10,16H,11-12H2,1H3,(H,22,27)(H2,23,24,25,26). The zero-order chi connectivity index (χ0) is 19.5. The maximum atomic E-state index is 12.2. The van der Waals surface area contributed by atoms with Crippen molar-refractivity contribution in [3.8, 4) is 5.75 Å². The summed E-state index contributed by atoms with van der Waals surface area (Å²) in [5.74, 6) is 0.416. The van der Waals surface area contributed by atoms with Gasteiger partial charge in [-0.3, -0.25) is 14.7 Å². The molecule has 7 nitrogen and oxygen atoms in total. The summed E-state index contributed by atoms with van der Waals surface area (Å²) in [5, 5.41) is 12.2. The number of H-pyrrole nitrogens is 1. The zero-order valence-electron chi connectivity index (χ0n) is 15.4. The van der Waals surface area contributed by atoms with E-state index in [1.165, 1.54) is 0 Å². The summed E-state index contributed by atoms with van der Waals surface area (Å²) in [4.78, 5) is 24.4. The van der Waals surface area contributed by atoms with Gasteiger partial charge in [-0.05, 0) is 23.3 Å². The van der Waals surface area contributed by atoms with E-state index in [1.54, 1.807) is 7.05 Å². The van der Waals surface area contributed by atoms with Gasteiger partial charge in [0.2, 0.25) is 5.91 Å². The summed E-state index contributed by atoms with van der Waals surface area (Å²) in [6.45, 7) is 0.454. The van der Waals surface area contributed by atoms with Gasteiger partial charge < -0.3 is 15.4 Å². The highest BCUT2D eigenvalue weighted by molar-refractivity contribution is 6.00. The molecule has 4 rings (SSSR count). The number of amides is 2. The number of benzene rings is 2. The summed E-state index contributed by atoms with van der Waals surface area (Å²) in [6, 6.07) is 17.5. The number of rotatable bonds is 5. The van der Waals surface area contributed by atoms with E-state index in [-0.39, 0.29) is 24.2 Å². The fourth-order valence-corrected chi connectivity index (χ4v) is 3.40. The normalized spacial score (nSPS) is 15.5. The van der Waals surface area contributed by atoms with Gasteiger partial charge in [0, 0.05) is 24.9 Å². The van der Waals surface area contributed by atoms with E-state index in [9.17, 15) is 9.59 Å². The molecule has 142 valence electrons. The van der Waals surface area contributed by atoms with Crippen LogP contribution in [0, 0.1) is 0 Å². The second-order valence-corrected chi connectivity index (χ2v) is 6.59. The molecule has 1 aromatic heterocycles. The molecule has 0 spiro atoms. The van der Waals surface area contributed by atoms with Crippen LogP contribution in [0.15, 0.2) is 54.6 Å². The van der Waals surface area contributed by atoms with Crippen LogP contribution in [0.3, 0.4) is 0 Å². The predicted molar refractivity (Wildman–Crippen MR) is 104 cm³/mol. The number of aromatic nitrogens is 2. The molecule has 1 aliphatic heterocycles. The van der Waals surface area contributed by atoms with Gasteiger partial charge in [-0.15, -0.1) is 0 Å². The SMILES string of the molecule is CNC(=O)c1[nH]nc2c1C(c1cccc(OCc3ccccc3)c1)CC(=O)N2. The Morgan fingerprint density at radius 1 is 1.21 bits per heavy atom. The van der Waals surface area contributed by atoms with Crippen molar-refractivity contribution in [2.24, 2.45) is 0 Å². The first-order valence-corrected chi connectivity index (χ1v) is 9.02. The molecule has 0 aliphatic carbocycles. The Balaban J connectivity index is 1.63. The third-order valence-corrected chi connectivity index (χ3v) is 4.76.